The Morgan fingerprint density at radius 2 is 2.04 bits per heavy atom. The van der Waals surface area contributed by atoms with Crippen molar-refractivity contribution in [2.75, 3.05) is 5.43 Å². The number of hydrogen-bond donors (Lipinski definition) is 1. The number of anilines is 1. The highest BCUT2D eigenvalue weighted by Gasteiger charge is 2.06. The third-order valence-corrected chi connectivity index (χ3v) is 4.51. The highest BCUT2D eigenvalue weighted by molar-refractivity contribution is 7.14. The predicted octanol–water partition coefficient (Wildman–Crippen LogP) is 3.89. The first-order valence-corrected chi connectivity index (χ1v) is 8.88. The van der Waals surface area contributed by atoms with Crippen LogP contribution in [-0.4, -0.2) is 31.4 Å². The number of benzene rings is 2. The minimum absolute atomic E-state index is 0.601. The van der Waals surface area contributed by atoms with Gasteiger partial charge in [0.25, 0.3) is 0 Å². The summed E-state index contributed by atoms with van der Waals surface area (Å²) in [5.74, 6) is 0. The molecule has 128 valence electrons. The molecule has 0 spiro atoms. The first kappa shape index (κ1) is 16.4. The van der Waals surface area contributed by atoms with Crippen LogP contribution in [0.1, 0.15) is 5.56 Å². The summed E-state index contributed by atoms with van der Waals surface area (Å²) in [6, 6.07) is 15.4. The molecule has 0 fully saturated rings. The zero-order valence-electron chi connectivity index (χ0n) is 13.3. The van der Waals surface area contributed by atoms with E-state index in [0.29, 0.717) is 10.2 Å². The predicted molar refractivity (Wildman–Crippen MR) is 103 cm³/mol. The molecule has 0 saturated heterocycles. The third kappa shape index (κ3) is 3.61. The molecule has 7 nitrogen and oxygen atoms in total. The summed E-state index contributed by atoms with van der Waals surface area (Å²) >= 11 is 7.58. The molecule has 1 N–H and O–H groups in total. The summed E-state index contributed by atoms with van der Waals surface area (Å²) in [4.78, 5) is 4.53. The Morgan fingerprint density at radius 3 is 2.85 bits per heavy atom. The summed E-state index contributed by atoms with van der Waals surface area (Å²) in [5.41, 5.74) is 6.47. The van der Waals surface area contributed by atoms with Gasteiger partial charge in [0.2, 0.25) is 5.13 Å². The van der Waals surface area contributed by atoms with E-state index >= 15 is 0 Å². The fraction of sp³-hybridized carbons (Fsp3) is 0. The third-order valence-electron chi connectivity index (χ3n) is 3.52. The highest BCUT2D eigenvalue weighted by Crippen LogP contribution is 2.24. The number of nitrogens with zero attached hydrogens (tertiary/aromatic N) is 6. The van der Waals surface area contributed by atoms with Crippen molar-refractivity contribution in [2.45, 2.75) is 0 Å². The zero-order valence-corrected chi connectivity index (χ0v) is 14.9. The molecule has 0 aliphatic rings. The van der Waals surface area contributed by atoms with E-state index in [1.165, 1.54) is 17.7 Å². The van der Waals surface area contributed by atoms with Gasteiger partial charge in [0, 0.05) is 21.5 Å². The molecule has 0 aliphatic carbocycles. The van der Waals surface area contributed by atoms with Crippen molar-refractivity contribution in [3.05, 3.63) is 70.8 Å². The average Bonchev–Trinajstić information content (AvgIpc) is 3.35. The second kappa shape index (κ2) is 7.42. The molecular weight excluding hydrogens is 370 g/mol. The molecule has 4 rings (SSSR count). The van der Waals surface area contributed by atoms with Crippen LogP contribution in [-0.2, 0) is 0 Å². The maximum Gasteiger partial charge on any atom is 0.203 e. The van der Waals surface area contributed by atoms with Gasteiger partial charge in [-0.15, -0.1) is 16.4 Å². The van der Waals surface area contributed by atoms with Crippen molar-refractivity contribution < 1.29 is 0 Å². The smallest absolute Gasteiger partial charge is 0.203 e. The number of halogens is 1. The number of tetrazole rings is 1. The van der Waals surface area contributed by atoms with E-state index < -0.39 is 0 Å². The normalized spacial score (nSPS) is 11.1. The highest BCUT2D eigenvalue weighted by atomic mass is 35.5. The second-order valence-electron chi connectivity index (χ2n) is 5.23. The average molecular weight is 382 g/mol. The van der Waals surface area contributed by atoms with Gasteiger partial charge < -0.3 is 0 Å². The minimum atomic E-state index is 0.601. The van der Waals surface area contributed by atoms with E-state index in [1.54, 1.807) is 23.0 Å². The SMILES string of the molecule is Clc1ccc(-n2cnnn2)c(C=NNc2nc(-c3ccccc3)cs2)c1. The molecule has 0 unspecified atom stereocenters. The Bertz CT molecular complexity index is 1030. The zero-order chi connectivity index (χ0) is 17.8. The quantitative estimate of drug-likeness (QED) is 0.419. The molecule has 4 aromatic rings. The van der Waals surface area contributed by atoms with Gasteiger partial charge in [0.15, 0.2) is 0 Å². The standard InChI is InChI=1S/C17H12ClN7S/c18-14-6-7-16(25-11-20-23-24-25)13(8-14)9-19-22-17-21-15(10-26-17)12-4-2-1-3-5-12/h1-11H,(H,21,22). The van der Waals surface area contributed by atoms with Gasteiger partial charge in [-0.05, 0) is 28.6 Å². The monoisotopic (exact) mass is 381 g/mol. The molecule has 0 radical (unpaired) electrons. The van der Waals surface area contributed by atoms with Crippen molar-refractivity contribution in [1.82, 2.24) is 25.2 Å². The van der Waals surface area contributed by atoms with Gasteiger partial charge in [0.1, 0.15) is 6.33 Å². The summed E-state index contributed by atoms with van der Waals surface area (Å²) in [6.07, 6.45) is 3.17. The molecule has 2 aromatic carbocycles. The van der Waals surface area contributed by atoms with Crippen LogP contribution in [0.4, 0.5) is 5.13 Å². The van der Waals surface area contributed by atoms with Gasteiger partial charge in [-0.1, -0.05) is 41.9 Å². The molecule has 0 atom stereocenters. The molecule has 2 heterocycles. The Labute approximate surface area is 158 Å². The lowest BCUT2D eigenvalue weighted by molar-refractivity contribution is 0.788. The van der Waals surface area contributed by atoms with Crippen LogP contribution in [0.5, 0.6) is 0 Å². The van der Waals surface area contributed by atoms with E-state index in [0.717, 1.165) is 22.5 Å². The van der Waals surface area contributed by atoms with E-state index in [-0.39, 0.29) is 0 Å². The van der Waals surface area contributed by atoms with Crippen LogP contribution in [0.25, 0.3) is 16.9 Å². The number of hydrazone groups is 1. The van der Waals surface area contributed by atoms with Crippen LogP contribution in [0.3, 0.4) is 0 Å². The van der Waals surface area contributed by atoms with Gasteiger partial charge in [-0.2, -0.15) is 9.78 Å². The molecular formula is C17H12ClN7S. The van der Waals surface area contributed by atoms with Crippen molar-refractivity contribution in [3.63, 3.8) is 0 Å². The molecule has 0 aliphatic heterocycles. The van der Waals surface area contributed by atoms with Gasteiger partial charge in [-0.25, -0.2) is 4.98 Å². The van der Waals surface area contributed by atoms with Crippen molar-refractivity contribution in [1.29, 1.82) is 0 Å². The summed E-state index contributed by atoms with van der Waals surface area (Å²) < 4.78 is 1.55. The van der Waals surface area contributed by atoms with E-state index in [4.69, 9.17) is 11.6 Å². The van der Waals surface area contributed by atoms with Gasteiger partial charge in [-0.3, -0.25) is 5.43 Å². The van der Waals surface area contributed by atoms with Crippen LogP contribution >= 0.6 is 22.9 Å². The first-order chi connectivity index (χ1) is 12.8. The molecule has 0 amide bonds. The topological polar surface area (TPSA) is 80.9 Å². The second-order valence-corrected chi connectivity index (χ2v) is 6.53. The van der Waals surface area contributed by atoms with Crippen LogP contribution in [0.15, 0.2) is 65.3 Å². The Morgan fingerprint density at radius 1 is 1.15 bits per heavy atom. The Balaban J connectivity index is 1.53. The van der Waals surface area contributed by atoms with Crippen molar-refractivity contribution in [2.24, 2.45) is 5.10 Å². The molecule has 0 bridgehead atoms. The fourth-order valence-corrected chi connectivity index (χ4v) is 3.18. The van der Waals surface area contributed by atoms with E-state index in [1.807, 2.05) is 41.8 Å². The van der Waals surface area contributed by atoms with Gasteiger partial charge in [0.05, 0.1) is 17.6 Å². The largest absolute Gasteiger partial charge is 0.253 e. The molecule has 26 heavy (non-hydrogen) atoms. The van der Waals surface area contributed by atoms with E-state index in [9.17, 15) is 0 Å². The molecule has 9 heteroatoms. The number of thiazole rings is 1. The van der Waals surface area contributed by atoms with Crippen LogP contribution in [0, 0.1) is 0 Å². The maximum absolute atomic E-state index is 6.09. The van der Waals surface area contributed by atoms with Crippen LogP contribution in [0.2, 0.25) is 5.02 Å². The molecule has 2 aromatic heterocycles. The summed E-state index contributed by atoms with van der Waals surface area (Å²) in [5, 5.41) is 18.8. The summed E-state index contributed by atoms with van der Waals surface area (Å²) in [7, 11) is 0. The number of aromatic nitrogens is 5. The maximum atomic E-state index is 6.09. The lowest BCUT2D eigenvalue weighted by atomic mass is 10.2. The van der Waals surface area contributed by atoms with Gasteiger partial charge >= 0.3 is 0 Å². The van der Waals surface area contributed by atoms with Crippen LogP contribution < -0.4 is 5.43 Å². The van der Waals surface area contributed by atoms with Crippen molar-refractivity contribution >= 4 is 34.3 Å². The molecule has 0 saturated carbocycles. The fourth-order valence-electron chi connectivity index (χ4n) is 2.33. The minimum Gasteiger partial charge on any atom is -0.253 e. The summed E-state index contributed by atoms with van der Waals surface area (Å²) in [6.45, 7) is 0. The van der Waals surface area contributed by atoms with Crippen molar-refractivity contribution in [3.8, 4) is 16.9 Å². The lowest BCUT2D eigenvalue weighted by Gasteiger charge is -2.04. The number of hydrogen-bond acceptors (Lipinski definition) is 7. The van der Waals surface area contributed by atoms with E-state index in [2.05, 4.69) is 31.0 Å². The first-order valence-electron chi connectivity index (χ1n) is 7.62. The Hall–Kier alpha value is -3.10. The number of nitrogens with one attached hydrogen (secondary N) is 1. The lowest BCUT2D eigenvalue weighted by Crippen LogP contribution is -2.01. The number of rotatable bonds is 5. The Kier molecular flexibility index (Phi) is 4.67.